The van der Waals surface area contributed by atoms with Gasteiger partial charge in [0.05, 0.1) is 16.6 Å². The summed E-state index contributed by atoms with van der Waals surface area (Å²) in [5.41, 5.74) is 1.34. The highest BCUT2D eigenvalue weighted by Crippen LogP contribution is 2.43. The van der Waals surface area contributed by atoms with Crippen LogP contribution in [0.4, 0.5) is 4.39 Å². The van der Waals surface area contributed by atoms with Crippen LogP contribution in [0.5, 0.6) is 0 Å². The van der Waals surface area contributed by atoms with Crippen molar-refractivity contribution in [1.29, 1.82) is 0 Å². The summed E-state index contributed by atoms with van der Waals surface area (Å²) < 4.78 is 50.6. The normalized spacial score (nSPS) is 22.9. The van der Waals surface area contributed by atoms with Crippen molar-refractivity contribution in [1.82, 2.24) is 0 Å². The first-order valence-corrected chi connectivity index (χ1v) is 11.2. The third kappa shape index (κ3) is 4.45. The lowest BCUT2D eigenvalue weighted by molar-refractivity contribution is -0.0869. The molecule has 0 amide bonds. The molecule has 0 radical (unpaired) electrons. The van der Waals surface area contributed by atoms with E-state index in [1.165, 1.54) is 18.2 Å². The highest BCUT2D eigenvalue weighted by atomic mass is 32.2. The zero-order valence-corrected chi connectivity index (χ0v) is 17.2. The van der Waals surface area contributed by atoms with E-state index >= 15 is 0 Å². The Hall–Kier alpha value is -1.76. The highest BCUT2D eigenvalue weighted by Gasteiger charge is 2.40. The highest BCUT2D eigenvalue weighted by molar-refractivity contribution is 7.86. The molecular formula is C22H27FO4S. The SMILES string of the molecule is CCOC1(c2cc(F)ccc2CC)CCC(OS(=O)(=O)c2ccccc2)CC1. The predicted molar refractivity (Wildman–Crippen MR) is 106 cm³/mol. The Balaban J connectivity index is 1.79. The molecular weight excluding hydrogens is 379 g/mol. The van der Waals surface area contributed by atoms with Gasteiger partial charge < -0.3 is 4.74 Å². The van der Waals surface area contributed by atoms with Crippen LogP contribution in [0.2, 0.25) is 0 Å². The van der Waals surface area contributed by atoms with Crippen LogP contribution in [-0.2, 0) is 31.1 Å². The van der Waals surface area contributed by atoms with Crippen LogP contribution in [0.3, 0.4) is 0 Å². The van der Waals surface area contributed by atoms with Gasteiger partial charge in [0.1, 0.15) is 5.82 Å². The van der Waals surface area contributed by atoms with Gasteiger partial charge in [0.15, 0.2) is 0 Å². The molecule has 1 fully saturated rings. The second-order valence-electron chi connectivity index (χ2n) is 7.15. The maximum absolute atomic E-state index is 14.0. The van der Waals surface area contributed by atoms with Crippen LogP contribution in [0, 0.1) is 5.82 Å². The number of halogens is 1. The number of hydrogen-bond donors (Lipinski definition) is 0. The van der Waals surface area contributed by atoms with Gasteiger partial charge in [-0.3, -0.25) is 4.18 Å². The maximum Gasteiger partial charge on any atom is 0.297 e. The van der Waals surface area contributed by atoms with E-state index in [4.69, 9.17) is 8.92 Å². The van der Waals surface area contributed by atoms with Gasteiger partial charge in [-0.1, -0.05) is 31.2 Å². The first kappa shape index (κ1) is 21.0. The van der Waals surface area contributed by atoms with Gasteiger partial charge in [-0.05, 0) is 74.4 Å². The van der Waals surface area contributed by atoms with Crippen LogP contribution in [0.1, 0.15) is 50.7 Å². The Morgan fingerprint density at radius 3 is 2.36 bits per heavy atom. The van der Waals surface area contributed by atoms with Gasteiger partial charge >= 0.3 is 0 Å². The van der Waals surface area contributed by atoms with Crippen molar-refractivity contribution in [3.8, 4) is 0 Å². The Kier molecular flexibility index (Phi) is 6.53. The third-order valence-electron chi connectivity index (χ3n) is 5.40. The minimum absolute atomic E-state index is 0.162. The largest absolute Gasteiger partial charge is 0.371 e. The first-order chi connectivity index (χ1) is 13.4. The van der Waals surface area contributed by atoms with Gasteiger partial charge in [-0.2, -0.15) is 8.42 Å². The average molecular weight is 407 g/mol. The Labute approximate surface area is 166 Å². The summed E-state index contributed by atoms with van der Waals surface area (Å²) in [6.07, 6.45) is 2.63. The summed E-state index contributed by atoms with van der Waals surface area (Å²) in [5.74, 6) is -0.281. The fraction of sp³-hybridized carbons (Fsp3) is 0.455. The van der Waals surface area contributed by atoms with E-state index in [0.29, 0.717) is 32.3 Å². The minimum atomic E-state index is -3.79. The molecule has 0 aliphatic heterocycles. The van der Waals surface area contributed by atoms with Crippen molar-refractivity contribution < 1.29 is 21.7 Å². The Morgan fingerprint density at radius 2 is 1.75 bits per heavy atom. The maximum atomic E-state index is 14.0. The van der Waals surface area contributed by atoms with E-state index in [-0.39, 0.29) is 10.7 Å². The molecule has 0 spiro atoms. The summed E-state index contributed by atoms with van der Waals surface area (Å²) in [6.45, 7) is 4.47. The smallest absolute Gasteiger partial charge is 0.297 e. The quantitative estimate of drug-likeness (QED) is 0.610. The summed E-state index contributed by atoms with van der Waals surface area (Å²) in [5, 5.41) is 0. The Bertz CT molecular complexity index is 888. The molecule has 0 atom stereocenters. The van der Waals surface area contributed by atoms with Crippen molar-refractivity contribution >= 4 is 10.1 Å². The van der Waals surface area contributed by atoms with Gasteiger partial charge in [-0.25, -0.2) is 4.39 Å². The van der Waals surface area contributed by atoms with Crippen molar-refractivity contribution in [2.45, 2.75) is 62.6 Å². The average Bonchev–Trinajstić information content (AvgIpc) is 2.70. The number of benzene rings is 2. The molecule has 1 aliphatic rings. The summed E-state index contributed by atoms with van der Waals surface area (Å²) in [6, 6.07) is 13.0. The molecule has 0 heterocycles. The van der Waals surface area contributed by atoms with Gasteiger partial charge in [0.2, 0.25) is 0 Å². The molecule has 0 saturated heterocycles. The van der Waals surface area contributed by atoms with Crippen LogP contribution in [0.25, 0.3) is 0 Å². The number of aryl methyl sites for hydroxylation is 1. The fourth-order valence-corrected chi connectivity index (χ4v) is 5.18. The lowest BCUT2D eigenvalue weighted by Crippen LogP contribution is -2.38. The van der Waals surface area contributed by atoms with Crippen molar-refractivity contribution in [3.05, 3.63) is 65.5 Å². The van der Waals surface area contributed by atoms with Crippen molar-refractivity contribution in [2.24, 2.45) is 0 Å². The lowest BCUT2D eigenvalue weighted by atomic mass is 9.76. The minimum Gasteiger partial charge on any atom is -0.371 e. The number of rotatable bonds is 7. The third-order valence-corrected chi connectivity index (χ3v) is 6.77. The molecule has 6 heteroatoms. The molecule has 0 bridgehead atoms. The molecule has 2 aromatic carbocycles. The van der Waals surface area contributed by atoms with E-state index in [0.717, 1.165) is 17.5 Å². The standard InChI is InChI=1S/C22H27FO4S/c1-3-17-10-11-18(23)16-21(17)22(26-4-2)14-12-19(13-15-22)27-28(24,25)20-8-6-5-7-9-20/h5-11,16,19H,3-4,12-15H2,1-2H3. The topological polar surface area (TPSA) is 52.6 Å². The van der Waals surface area contributed by atoms with Crippen LogP contribution in [0.15, 0.2) is 53.4 Å². The second kappa shape index (κ2) is 8.72. The monoisotopic (exact) mass is 406 g/mol. The molecule has 3 rings (SSSR count). The van der Waals surface area contributed by atoms with E-state index < -0.39 is 21.8 Å². The molecule has 0 N–H and O–H groups in total. The molecule has 4 nitrogen and oxygen atoms in total. The number of ether oxygens (including phenoxy) is 1. The molecule has 0 unspecified atom stereocenters. The van der Waals surface area contributed by atoms with Gasteiger partial charge in [-0.15, -0.1) is 0 Å². The molecule has 2 aromatic rings. The molecule has 0 aromatic heterocycles. The molecule has 1 saturated carbocycles. The second-order valence-corrected chi connectivity index (χ2v) is 8.72. The first-order valence-electron chi connectivity index (χ1n) is 9.81. The summed E-state index contributed by atoms with van der Waals surface area (Å²) >= 11 is 0. The zero-order valence-electron chi connectivity index (χ0n) is 16.4. The van der Waals surface area contributed by atoms with E-state index in [1.807, 2.05) is 19.9 Å². The summed E-state index contributed by atoms with van der Waals surface area (Å²) in [4.78, 5) is 0.162. The fourth-order valence-electron chi connectivity index (χ4n) is 4.02. The predicted octanol–water partition coefficient (Wildman–Crippen LogP) is 4.97. The van der Waals surface area contributed by atoms with E-state index in [1.54, 1.807) is 24.3 Å². The number of hydrogen-bond acceptors (Lipinski definition) is 4. The van der Waals surface area contributed by atoms with Gasteiger partial charge in [0.25, 0.3) is 10.1 Å². The van der Waals surface area contributed by atoms with Crippen LogP contribution in [-0.4, -0.2) is 21.1 Å². The van der Waals surface area contributed by atoms with Crippen molar-refractivity contribution in [3.63, 3.8) is 0 Å². The van der Waals surface area contributed by atoms with E-state index in [9.17, 15) is 12.8 Å². The van der Waals surface area contributed by atoms with Gasteiger partial charge in [0, 0.05) is 6.61 Å². The zero-order chi connectivity index (χ0) is 20.2. The van der Waals surface area contributed by atoms with E-state index in [2.05, 4.69) is 0 Å². The molecule has 28 heavy (non-hydrogen) atoms. The van der Waals surface area contributed by atoms with Crippen molar-refractivity contribution in [2.75, 3.05) is 6.61 Å². The van der Waals surface area contributed by atoms with Crippen LogP contribution >= 0.6 is 0 Å². The lowest BCUT2D eigenvalue weighted by Gasteiger charge is -2.41. The molecule has 152 valence electrons. The molecule has 1 aliphatic carbocycles. The summed E-state index contributed by atoms with van der Waals surface area (Å²) in [7, 11) is -3.79. The Morgan fingerprint density at radius 1 is 1.07 bits per heavy atom. The van der Waals surface area contributed by atoms with Crippen LogP contribution < -0.4 is 0 Å².